The molecule has 2 aromatic heterocycles. The number of hydrogen-bond acceptors (Lipinski definition) is 7. The molecule has 0 aliphatic carbocycles. The van der Waals surface area contributed by atoms with Crippen molar-refractivity contribution in [2.45, 2.75) is 19.4 Å². The Morgan fingerprint density at radius 1 is 1.03 bits per heavy atom. The monoisotopic (exact) mass is 456 g/mol. The maximum absolute atomic E-state index is 12.5. The number of rotatable bonds is 8. The second-order valence-corrected chi connectivity index (χ2v) is 9.15. The van der Waals surface area contributed by atoms with Gasteiger partial charge in [0.2, 0.25) is 11.8 Å². The number of nitrogens with one attached hydrogen (secondary N) is 2. The molecule has 2 N–H and O–H groups in total. The molecule has 1 saturated heterocycles. The van der Waals surface area contributed by atoms with Gasteiger partial charge in [-0.3, -0.25) is 14.5 Å². The third kappa shape index (κ3) is 6.70. The van der Waals surface area contributed by atoms with Crippen LogP contribution in [0.25, 0.3) is 0 Å². The molecule has 0 atom stereocenters. The largest absolute Gasteiger partial charge is 0.379 e. The van der Waals surface area contributed by atoms with E-state index in [0.717, 1.165) is 49.0 Å². The van der Waals surface area contributed by atoms with Gasteiger partial charge in [0.25, 0.3) is 0 Å². The molecular formula is C22H24N4O3S2. The summed E-state index contributed by atoms with van der Waals surface area (Å²) in [5, 5.41) is 10.0. The first-order valence-corrected chi connectivity index (χ1v) is 11.9. The van der Waals surface area contributed by atoms with Gasteiger partial charge in [0.1, 0.15) is 0 Å². The highest BCUT2D eigenvalue weighted by molar-refractivity contribution is 7.14. The van der Waals surface area contributed by atoms with Crippen LogP contribution in [0.4, 0.5) is 10.8 Å². The summed E-state index contributed by atoms with van der Waals surface area (Å²) in [4.78, 5) is 32.3. The van der Waals surface area contributed by atoms with Gasteiger partial charge in [-0.15, -0.1) is 22.7 Å². The third-order valence-corrected chi connectivity index (χ3v) is 6.46. The number of anilines is 2. The number of amides is 2. The number of thiazole rings is 1. The van der Waals surface area contributed by atoms with Gasteiger partial charge in [-0.2, -0.15) is 0 Å². The van der Waals surface area contributed by atoms with Crippen LogP contribution in [0.3, 0.4) is 0 Å². The molecular weight excluding hydrogens is 432 g/mol. The van der Waals surface area contributed by atoms with Crippen molar-refractivity contribution in [3.05, 3.63) is 63.3 Å². The molecule has 0 unspecified atom stereocenters. The first kappa shape index (κ1) is 21.6. The number of ether oxygens (including phenoxy) is 1. The standard InChI is InChI=1S/C22H24N4O3S2/c27-20(23-17-4-1-3-16(11-17)14-26-6-8-29-9-7-26)12-18-15-31-22(24-18)25-21(28)13-19-5-2-10-30-19/h1-5,10-11,15H,6-9,12-14H2,(H,23,27)(H,24,25,28). The molecule has 2 amide bonds. The van der Waals surface area contributed by atoms with Gasteiger partial charge in [0.15, 0.2) is 5.13 Å². The second kappa shape index (κ2) is 10.6. The van der Waals surface area contributed by atoms with E-state index in [9.17, 15) is 9.59 Å². The molecule has 1 aromatic carbocycles. The Balaban J connectivity index is 1.27. The Morgan fingerprint density at radius 3 is 2.68 bits per heavy atom. The number of nitrogens with zero attached hydrogens (tertiary/aromatic N) is 2. The van der Waals surface area contributed by atoms with Crippen LogP contribution in [0.1, 0.15) is 16.1 Å². The zero-order chi connectivity index (χ0) is 21.5. The SMILES string of the molecule is O=C(Cc1csc(NC(=O)Cc2cccs2)n1)Nc1cccc(CN2CCOCC2)c1. The molecule has 162 valence electrons. The molecule has 3 heterocycles. The first-order valence-electron chi connectivity index (χ1n) is 10.1. The minimum Gasteiger partial charge on any atom is -0.379 e. The number of hydrogen-bond donors (Lipinski definition) is 2. The molecule has 3 aromatic rings. The highest BCUT2D eigenvalue weighted by Crippen LogP contribution is 2.18. The minimum atomic E-state index is -0.134. The lowest BCUT2D eigenvalue weighted by molar-refractivity contribution is -0.116. The molecule has 0 radical (unpaired) electrons. The molecule has 9 heteroatoms. The summed E-state index contributed by atoms with van der Waals surface area (Å²) in [7, 11) is 0. The maximum atomic E-state index is 12.5. The van der Waals surface area contributed by atoms with E-state index in [1.807, 2.05) is 35.7 Å². The smallest absolute Gasteiger partial charge is 0.231 e. The highest BCUT2D eigenvalue weighted by Gasteiger charge is 2.13. The average Bonchev–Trinajstić information content (AvgIpc) is 3.41. The molecule has 31 heavy (non-hydrogen) atoms. The second-order valence-electron chi connectivity index (χ2n) is 7.26. The van der Waals surface area contributed by atoms with Crippen LogP contribution in [-0.4, -0.2) is 48.0 Å². The van der Waals surface area contributed by atoms with E-state index in [1.54, 1.807) is 16.7 Å². The fraction of sp³-hybridized carbons (Fsp3) is 0.318. The summed E-state index contributed by atoms with van der Waals surface area (Å²) in [6.45, 7) is 4.22. The Labute approximate surface area is 189 Å². The summed E-state index contributed by atoms with van der Waals surface area (Å²) in [6, 6.07) is 11.8. The molecule has 0 bridgehead atoms. The van der Waals surface area contributed by atoms with E-state index in [2.05, 4.69) is 26.6 Å². The number of thiophene rings is 1. The van der Waals surface area contributed by atoms with Gasteiger partial charge in [-0.25, -0.2) is 4.98 Å². The lowest BCUT2D eigenvalue weighted by Crippen LogP contribution is -2.35. The molecule has 4 rings (SSSR count). The maximum Gasteiger partial charge on any atom is 0.231 e. The molecule has 1 fully saturated rings. The van der Waals surface area contributed by atoms with Crippen LogP contribution in [0.2, 0.25) is 0 Å². The van der Waals surface area contributed by atoms with E-state index in [1.165, 1.54) is 11.3 Å². The summed E-state index contributed by atoms with van der Waals surface area (Å²) >= 11 is 2.87. The third-order valence-electron chi connectivity index (χ3n) is 4.78. The van der Waals surface area contributed by atoms with Gasteiger partial charge in [0, 0.05) is 35.6 Å². The Morgan fingerprint density at radius 2 is 1.87 bits per heavy atom. The van der Waals surface area contributed by atoms with Crippen molar-refractivity contribution in [2.75, 3.05) is 36.9 Å². The predicted octanol–water partition coefficient (Wildman–Crippen LogP) is 3.40. The van der Waals surface area contributed by atoms with Crippen LogP contribution in [0.15, 0.2) is 47.2 Å². The fourth-order valence-corrected chi connectivity index (χ4v) is 4.74. The van der Waals surface area contributed by atoms with E-state index in [0.29, 0.717) is 17.2 Å². The van der Waals surface area contributed by atoms with Gasteiger partial charge in [-0.1, -0.05) is 18.2 Å². The predicted molar refractivity (Wildman–Crippen MR) is 124 cm³/mol. The van der Waals surface area contributed by atoms with E-state index in [-0.39, 0.29) is 18.2 Å². The van der Waals surface area contributed by atoms with Crippen molar-refractivity contribution >= 4 is 45.3 Å². The molecule has 1 aliphatic rings. The summed E-state index contributed by atoms with van der Waals surface area (Å²) in [5.74, 6) is -0.241. The Hall–Kier alpha value is -2.59. The van der Waals surface area contributed by atoms with Crippen molar-refractivity contribution in [1.29, 1.82) is 0 Å². The number of carbonyl (C=O) groups is 2. The van der Waals surface area contributed by atoms with Crippen LogP contribution >= 0.6 is 22.7 Å². The van der Waals surface area contributed by atoms with E-state index >= 15 is 0 Å². The number of carbonyl (C=O) groups excluding carboxylic acids is 2. The number of morpholine rings is 1. The lowest BCUT2D eigenvalue weighted by Gasteiger charge is -2.26. The Kier molecular flexibility index (Phi) is 7.42. The topological polar surface area (TPSA) is 83.6 Å². The quantitative estimate of drug-likeness (QED) is 0.543. The normalized spacial score (nSPS) is 14.3. The van der Waals surface area contributed by atoms with Crippen LogP contribution in [0.5, 0.6) is 0 Å². The van der Waals surface area contributed by atoms with Gasteiger partial charge in [0.05, 0.1) is 31.7 Å². The first-order chi connectivity index (χ1) is 15.1. The summed E-state index contributed by atoms with van der Waals surface area (Å²) in [6.07, 6.45) is 0.485. The molecule has 7 nitrogen and oxygen atoms in total. The summed E-state index contributed by atoms with van der Waals surface area (Å²) in [5.41, 5.74) is 2.57. The highest BCUT2D eigenvalue weighted by atomic mass is 32.1. The van der Waals surface area contributed by atoms with Crippen molar-refractivity contribution in [1.82, 2.24) is 9.88 Å². The van der Waals surface area contributed by atoms with Gasteiger partial charge < -0.3 is 15.4 Å². The van der Waals surface area contributed by atoms with E-state index < -0.39 is 0 Å². The molecule has 0 saturated carbocycles. The fourth-order valence-electron chi connectivity index (χ4n) is 3.32. The van der Waals surface area contributed by atoms with Crippen molar-refractivity contribution < 1.29 is 14.3 Å². The zero-order valence-corrected chi connectivity index (χ0v) is 18.6. The molecule has 0 spiro atoms. The summed E-state index contributed by atoms with van der Waals surface area (Å²) < 4.78 is 5.39. The average molecular weight is 457 g/mol. The lowest BCUT2D eigenvalue weighted by atomic mass is 10.1. The van der Waals surface area contributed by atoms with Crippen molar-refractivity contribution in [3.8, 4) is 0 Å². The van der Waals surface area contributed by atoms with Crippen LogP contribution in [0, 0.1) is 0 Å². The number of aromatic nitrogens is 1. The van der Waals surface area contributed by atoms with Gasteiger partial charge in [-0.05, 0) is 29.1 Å². The number of benzene rings is 1. The van der Waals surface area contributed by atoms with Crippen LogP contribution < -0.4 is 10.6 Å². The van der Waals surface area contributed by atoms with E-state index in [4.69, 9.17) is 4.74 Å². The van der Waals surface area contributed by atoms with Gasteiger partial charge >= 0.3 is 0 Å². The molecule has 1 aliphatic heterocycles. The Bertz CT molecular complexity index is 1010. The van der Waals surface area contributed by atoms with Crippen molar-refractivity contribution in [3.63, 3.8) is 0 Å². The van der Waals surface area contributed by atoms with Crippen LogP contribution in [-0.2, 0) is 33.7 Å². The zero-order valence-electron chi connectivity index (χ0n) is 17.0. The minimum absolute atomic E-state index is 0.107. The van der Waals surface area contributed by atoms with Crippen molar-refractivity contribution in [2.24, 2.45) is 0 Å².